The molecule has 0 aliphatic heterocycles. The van der Waals surface area contributed by atoms with Gasteiger partial charge in [0.2, 0.25) is 0 Å². The molecule has 25 heavy (non-hydrogen) atoms. The molecule has 0 radical (unpaired) electrons. The van der Waals surface area contributed by atoms with Crippen LogP contribution in [0.2, 0.25) is 0 Å². The monoisotopic (exact) mass is 352 g/mol. The number of carboxylic acid groups (broad SMARTS) is 1. The lowest BCUT2D eigenvalue weighted by molar-refractivity contribution is -0.137. The van der Waals surface area contributed by atoms with Crippen molar-refractivity contribution in [1.82, 2.24) is 0 Å². The highest BCUT2D eigenvalue weighted by Crippen LogP contribution is 2.36. The molecule has 0 spiro atoms. The van der Waals surface area contributed by atoms with Gasteiger partial charge in [0.15, 0.2) is 0 Å². The standard InChI is InChI=1S/C20H32O5/c1-2-3-6-9-15(21)12-13-17-16(18(22)14-19(17)23)10-7-4-5-8-11-20(24)25/h3-4,6-7,12-13,15-19,21-23H,2,5,8-11,14H2,1H3,(H,24,25)/b6-3+,7-4+,13-12-/t15-,16+,17+,18-,19+/m0/s1. The maximum atomic E-state index is 10.5. The van der Waals surface area contributed by atoms with Gasteiger partial charge in [-0.05, 0) is 38.0 Å². The maximum Gasteiger partial charge on any atom is 0.303 e. The number of rotatable bonds is 11. The van der Waals surface area contributed by atoms with Gasteiger partial charge >= 0.3 is 5.97 Å². The Labute approximate surface area is 150 Å². The second kappa shape index (κ2) is 12.0. The summed E-state index contributed by atoms with van der Waals surface area (Å²) in [7, 11) is 0. The lowest BCUT2D eigenvalue weighted by Gasteiger charge is -2.19. The quantitative estimate of drug-likeness (QED) is 0.339. The molecule has 1 fully saturated rings. The molecule has 1 aliphatic rings. The third-order valence-corrected chi connectivity index (χ3v) is 4.59. The van der Waals surface area contributed by atoms with Crippen molar-refractivity contribution in [3.63, 3.8) is 0 Å². The van der Waals surface area contributed by atoms with E-state index in [2.05, 4.69) is 0 Å². The molecule has 0 aromatic rings. The lowest BCUT2D eigenvalue weighted by Crippen LogP contribution is -2.20. The highest BCUT2D eigenvalue weighted by atomic mass is 16.4. The number of aliphatic carboxylic acids is 1. The minimum atomic E-state index is -0.791. The number of carbonyl (C=O) groups is 1. The van der Waals surface area contributed by atoms with Crippen LogP contribution in [0.15, 0.2) is 36.5 Å². The normalized spacial score (nSPS) is 28.5. The van der Waals surface area contributed by atoms with E-state index in [1.807, 2.05) is 37.3 Å². The van der Waals surface area contributed by atoms with Gasteiger partial charge in [-0.15, -0.1) is 0 Å². The average molecular weight is 352 g/mol. The highest BCUT2D eigenvalue weighted by Gasteiger charge is 2.39. The molecule has 1 aliphatic carbocycles. The zero-order valence-corrected chi connectivity index (χ0v) is 15.0. The van der Waals surface area contributed by atoms with Crippen LogP contribution in [0.1, 0.15) is 51.9 Å². The fraction of sp³-hybridized carbons (Fsp3) is 0.650. The van der Waals surface area contributed by atoms with Crippen LogP contribution in [-0.4, -0.2) is 44.7 Å². The topological polar surface area (TPSA) is 98.0 Å². The van der Waals surface area contributed by atoms with Crippen LogP contribution in [0.25, 0.3) is 0 Å². The summed E-state index contributed by atoms with van der Waals surface area (Å²) in [5.74, 6) is -1.05. The molecule has 1 saturated carbocycles. The summed E-state index contributed by atoms with van der Waals surface area (Å²) in [5.41, 5.74) is 0. The van der Waals surface area contributed by atoms with Crippen LogP contribution in [0.5, 0.6) is 0 Å². The van der Waals surface area contributed by atoms with Gasteiger partial charge in [-0.2, -0.15) is 0 Å². The molecule has 0 bridgehead atoms. The van der Waals surface area contributed by atoms with Crippen molar-refractivity contribution >= 4 is 5.97 Å². The van der Waals surface area contributed by atoms with E-state index >= 15 is 0 Å². The van der Waals surface area contributed by atoms with Crippen LogP contribution < -0.4 is 0 Å². The molecule has 5 heteroatoms. The average Bonchev–Trinajstić information content (AvgIpc) is 2.82. The third-order valence-electron chi connectivity index (χ3n) is 4.59. The Morgan fingerprint density at radius 1 is 1.16 bits per heavy atom. The Morgan fingerprint density at radius 2 is 1.92 bits per heavy atom. The Morgan fingerprint density at radius 3 is 2.60 bits per heavy atom. The van der Waals surface area contributed by atoms with E-state index in [1.54, 1.807) is 6.08 Å². The number of hydrogen-bond donors (Lipinski definition) is 4. The molecule has 142 valence electrons. The molecule has 0 heterocycles. The van der Waals surface area contributed by atoms with Crippen molar-refractivity contribution in [1.29, 1.82) is 0 Å². The number of aliphatic hydroxyl groups is 3. The van der Waals surface area contributed by atoms with Gasteiger partial charge in [0.05, 0.1) is 18.3 Å². The van der Waals surface area contributed by atoms with E-state index in [0.717, 1.165) is 6.42 Å². The van der Waals surface area contributed by atoms with Crippen molar-refractivity contribution < 1.29 is 25.2 Å². The van der Waals surface area contributed by atoms with Gasteiger partial charge < -0.3 is 20.4 Å². The van der Waals surface area contributed by atoms with Crippen molar-refractivity contribution in [3.05, 3.63) is 36.5 Å². The first kappa shape index (κ1) is 21.6. The molecule has 0 aromatic heterocycles. The van der Waals surface area contributed by atoms with Gasteiger partial charge in [-0.25, -0.2) is 0 Å². The van der Waals surface area contributed by atoms with E-state index in [9.17, 15) is 20.1 Å². The minimum absolute atomic E-state index is 0.0830. The van der Waals surface area contributed by atoms with Crippen molar-refractivity contribution in [3.8, 4) is 0 Å². The largest absolute Gasteiger partial charge is 0.481 e. The predicted molar refractivity (Wildman–Crippen MR) is 98.0 cm³/mol. The number of allylic oxidation sites excluding steroid dienone is 3. The molecule has 1 rings (SSSR count). The summed E-state index contributed by atoms with van der Waals surface area (Å²) >= 11 is 0. The van der Waals surface area contributed by atoms with Crippen LogP contribution in [0, 0.1) is 11.8 Å². The van der Waals surface area contributed by atoms with E-state index < -0.39 is 24.3 Å². The van der Waals surface area contributed by atoms with E-state index in [4.69, 9.17) is 5.11 Å². The number of aliphatic hydroxyl groups excluding tert-OH is 3. The minimum Gasteiger partial charge on any atom is -0.481 e. The number of hydrogen-bond acceptors (Lipinski definition) is 4. The highest BCUT2D eigenvalue weighted by molar-refractivity contribution is 5.66. The summed E-state index contributed by atoms with van der Waals surface area (Å²) < 4.78 is 0. The first-order valence-electron chi connectivity index (χ1n) is 9.20. The van der Waals surface area contributed by atoms with Crippen molar-refractivity contribution in [2.45, 2.75) is 70.2 Å². The van der Waals surface area contributed by atoms with Gasteiger partial charge in [0, 0.05) is 18.8 Å². The second-order valence-electron chi connectivity index (χ2n) is 6.67. The molecular weight excluding hydrogens is 320 g/mol. The van der Waals surface area contributed by atoms with Crippen molar-refractivity contribution in [2.75, 3.05) is 0 Å². The fourth-order valence-electron chi connectivity index (χ4n) is 3.19. The molecular formula is C20H32O5. The Balaban J connectivity index is 2.50. The Bertz CT molecular complexity index is 469. The Kier molecular flexibility index (Phi) is 10.4. The Hall–Kier alpha value is -1.43. The summed E-state index contributed by atoms with van der Waals surface area (Å²) in [6, 6.07) is 0. The molecule has 0 unspecified atom stereocenters. The maximum absolute atomic E-state index is 10.5. The molecule has 0 saturated heterocycles. The molecule has 4 N–H and O–H groups in total. The smallest absolute Gasteiger partial charge is 0.303 e. The van der Waals surface area contributed by atoms with E-state index in [0.29, 0.717) is 32.1 Å². The van der Waals surface area contributed by atoms with Crippen LogP contribution in [-0.2, 0) is 4.79 Å². The van der Waals surface area contributed by atoms with Crippen LogP contribution in [0.3, 0.4) is 0 Å². The van der Waals surface area contributed by atoms with Gasteiger partial charge in [0.25, 0.3) is 0 Å². The number of carboxylic acids is 1. The van der Waals surface area contributed by atoms with Gasteiger partial charge in [0.1, 0.15) is 0 Å². The fourth-order valence-corrected chi connectivity index (χ4v) is 3.19. The zero-order valence-electron chi connectivity index (χ0n) is 15.0. The first-order chi connectivity index (χ1) is 12.0. The number of unbranched alkanes of at least 4 members (excludes halogenated alkanes) is 1. The summed E-state index contributed by atoms with van der Waals surface area (Å²) in [6.07, 6.45) is 13.5. The SMILES string of the molecule is CC/C=C/C[C@H](O)/C=C\[C@@H]1[C@@H](C/C=C/CCCC(=O)O)[C@@H](O)C[C@H]1O. The van der Waals surface area contributed by atoms with Gasteiger partial charge in [-0.3, -0.25) is 4.79 Å². The lowest BCUT2D eigenvalue weighted by atomic mass is 9.89. The third kappa shape index (κ3) is 8.47. The summed E-state index contributed by atoms with van der Waals surface area (Å²) in [6.45, 7) is 2.04. The zero-order chi connectivity index (χ0) is 18.7. The van der Waals surface area contributed by atoms with E-state index in [-0.39, 0.29) is 18.3 Å². The molecule has 5 nitrogen and oxygen atoms in total. The van der Waals surface area contributed by atoms with E-state index in [1.165, 1.54) is 0 Å². The van der Waals surface area contributed by atoms with Crippen LogP contribution in [0.4, 0.5) is 0 Å². The van der Waals surface area contributed by atoms with Gasteiger partial charge in [-0.1, -0.05) is 43.4 Å². The molecule has 0 amide bonds. The first-order valence-corrected chi connectivity index (χ1v) is 9.20. The van der Waals surface area contributed by atoms with Crippen LogP contribution >= 0.6 is 0 Å². The molecule has 5 atom stereocenters. The van der Waals surface area contributed by atoms with Crippen molar-refractivity contribution in [2.24, 2.45) is 11.8 Å². The summed E-state index contributed by atoms with van der Waals surface area (Å²) in [5, 5.41) is 38.9. The second-order valence-corrected chi connectivity index (χ2v) is 6.67. The predicted octanol–water partition coefficient (Wildman–Crippen LogP) is 2.82. The summed E-state index contributed by atoms with van der Waals surface area (Å²) in [4.78, 5) is 10.5. The molecule has 0 aromatic carbocycles.